The zero-order valence-corrected chi connectivity index (χ0v) is 13.6. The van der Waals surface area contributed by atoms with E-state index in [9.17, 15) is 14.4 Å². The van der Waals surface area contributed by atoms with E-state index in [1.807, 2.05) is 26.0 Å². The van der Waals surface area contributed by atoms with Crippen molar-refractivity contribution in [2.45, 2.75) is 39.6 Å². The average Bonchev–Trinajstić information content (AvgIpc) is 3.15. The van der Waals surface area contributed by atoms with Crippen LogP contribution < -0.4 is 0 Å². The van der Waals surface area contributed by atoms with Gasteiger partial charge in [0.15, 0.2) is 6.29 Å². The molecule has 0 heterocycles. The van der Waals surface area contributed by atoms with E-state index in [0.717, 1.165) is 0 Å². The number of rotatable bonds is 4. The molecule has 3 saturated carbocycles. The van der Waals surface area contributed by atoms with E-state index >= 15 is 0 Å². The predicted octanol–water partition coefficient (Wildman–Crippen LogP) is 1.75. The lowest BCUT2D eigenvalue weighted by atomic mass is 9.69. The van der Waals surface area contributed by atoms with Gasteiger partial charge in [-0.15, -0.1) is 0 Å². The summed E-state index contributed by atoms with van der Waals surface area (Å²) >= 11 is 0. The lowest BCUT2D eigenvalue weighted by molar-refractivity contribution is -0.189. The van der Waals surface area contributed by atoms with Crippen LogP contribution in [0, 0.1) is 41.4 Å². The number of hydrogen-bond donors (Lipinski definition) is 0. The fourth-order valence-electron chi connectivity index (χ4n) is 5.44. The van der Waals surface area contributed by atoms with Gasteiger partial charge >= 0.3 is 5.97 Å². The van der Waals surface area contributed by atoms with E-state index in [2.05, 4.69) is 0 Å². The summed E-state index contributed by atoms with van der Waals surface area (Å²) in [4.78, 5) is 37.4. The molecule has 4 aliphatic rings. The van der Waals surface area contributed by atoms with Crippen LogP contribution in [0.1, 0.15) is 27.2 Å². The number of ether oxygens (including phenoxy) is 2. The van der Waals surface area contributed by atoms with Crippen LogP contribution in [0.2, 0.25) is 0 Å². The predicted molar refractivity (Wildman–Crippen MR) is 80.0 cm³/mol. The summed E-state index contributed by atoms with van der Waals surface area (Å²) in [6, 6.07) is 0. The summed E-state index contributed by atoms with van der Waals surface area (Å²) in [5, 5.41) is 0. The number of carbonyl (C=O) groups excluding carboxylic acids is 3. The van der Waals surface area contributed by atoms with Crippen LogP contribution in [0.15, 0.2) is 12.2 Å². The van der Waals surface area contributed by atoms with E-state index in [-0.39, 0.29) is 59.1 Å². The second-order valence-corrected chi connectivity index (χ2v) is 7.56. The highest BCUT2D eigenvalue weighted by molar-refractivity contribution is 6.01. The Kier molecular flexibility index (Phi) is 3.28. The molecule has 4 rings (SSSR count). The Morgan fingerprint density at radius 3 is 2.39 bits per heavy atom. The molecule has 0 aliphatic heterocycles. The maximum absolute atomic E-state index is 12.6. The van der Waals surface area contributed by atoms with E-state index in [4.69, 9.17) is 9.47 Å². The lowest BCUT2D eigenvalue weighted by Gasteiger charge is -2.33. The minimum Gasteiger partial charge on any atom is -0.436 e. The van der Waals surface area contributed by atoms with Crippen molar-refractivity contribution in [2.24, 2.45) is 41.4 Å². The molecule has 124 valence electrons. The zero-order valence-electron chi connectivity index (χ0n) is 13.6. The van der Waals surface area contributed by atoms with Gasteiger partial charge in [-0.2, -0.15) is 0 Å². The van der Waals surface area contributed by atoms with Gasteiger partial charge in [0.1, 0.15) is 11.6 Å². The van der Waals surface area contributed by atoms with Crippen LogP contribution in [0.4, 0.5) is 0 Å². The molecular formula is C18H22O5. The maximum atomic E-state index is 12.6. The molecule has 5 heteroatoms. The maximum Gasteiger partial charge on any atom is 0.311 e. The second kappa shape index (κ2) is 5.00. The average molecular weight is 318 g/mol. The van der Waals surface area contributed by atoms with Gasteiger partial charge < -0.3 is 9.47 Å². The molecule has 0 saturated heterocycles. The summed E-state index contributed by atoms with van der Waals surface area (Å²) in [6.45, 7) is 5.45. The van der Waals surface area contributed by atoms with Gasteiger partial charge in [0, 0.05) is 23.7 Å². The fraction of sp³-hybridized carbons (Fsp3) is 0.722. The van der Waals surface area contributed by atoms with Crippen LogP contribution >= 0.6 is 0 Å². The number of ketones is 2. The van der Waals surface area contributed by atoms with Crippen LogP contribution in [-0.4, -0.2) is 29.9 Å². The van der Waals surface area contributed by atoms with Gasteiger partial charge in [0.05, 0.1) is 12.0 Å². The minimum atomic E-state index is -0.617. The SMILES string of the molecule is CC(C)OC(C)OC(=O)C1CC2C(=O)C1C1C3C=CC(C3=O)C21. The molecule has 4 aliphatic carbocycles. The standard InChI is InChI=1S/C18H22O5/c1-7(2)22-8(3)23-18(21)12-6-11-13-9-4-5-10(16(9)19)14(13)15(12)17(11)20/h4-5,7-15H,6H2,1-3H3. The van der Waals surface area contributed by atoms with Crippen molar-refractivity contribution < 1.29 is 23.9 Å². The van der Waals surface area contributed by atoms with Crippen molar-refractivity contribution in [1.82, 2.24) is 0 Å². The van der Waals surface area contributed by atoms with Crippen molar-refractivity contribution in [2.75, 3.05) is 0 Å². The van der Waals surface area contributed by atoms with Crippen molar-refractivity contribution in [3.05, 3.63) is 12.2 Å². The van der Waals surface area contributed by atoms with Crippen molar-refractivity contribution in [3.63, 3.8) is 0 Å². The van der Waals surface area contributed by atoms with E-state index in [0.29, 0.717) is 6.42 Å². The number of carbonyl (C=O) groups is 3. The van der Waals surface area contributed by atoms with E-state index < -0.39 is 12.2 Å². The van der Waals surface area contributed by atoms with Gasteiger partial charge in [0.25, 0.3) is 0 Å². The summed E-state index contributed by atoms with van der Waals surface area (Å²) in [5.41, 5.74) is 0. The molecule has 8 atom stereocenters. The van der Waals surface area contributed by atoms with Crippen LogP contribution in [0.25, 0.3) is 0 Å². The summed E-state index contributed by atoms with van der Waals surface area (Å²) < 4.78 is 10.8. The molecule has 0 aromatic rings. The first-order valence-corrected chi connectivity index (χ1v) is 8.52. The molecule has 0 N–H and O–H groups in total. The third-order valence-electron chi connectivity index (χ3n) is 6.02. The van der Waals surface area contributed by atoms with Crippen molar-refractivity contribution >= 4 is 17.5 Å². The summed E-state index contributed by atoms with van der Waals surface area (Å²) in [7, 11) is 0. The quantitative estimate of drug-likeness (QED) is 0.342. The normalized spacial score (nSPS) is 44.3. The molecule has 8 unspecified atom stereocenters. The summed E-state index contributed by atoms with van der Waals surface area (Å²) in [6.07, 6.45) is 3.79. The van der Waals surface area contributed by atoms with Gasteiger partial charge in [-0.05, 0) is 39.0 Å². The van der Waals surface area contributed by atoms with E-state index in [1.165, 1.54) is 0 Å². The third-order valence-corrected chi connectivity index (χ3v) is 6.02. The molecule has 0 aromatic heterocycles. The first-order chi connectivity index (χ1) is 10.9. The lowest BCUT2D eigenvalue weighted by Crippen LogP contribution is -2.37. The second-order valence-electron chi connectivity index (χ2n) is 7.56. The number of allylic oxidation sites excluding steroid dienone is 2. The Morgan fingerprint density at radius 2 is 1.74 bits per heavy atom. The van der Waals surface area contributed by atoms with Crippen molar-refractivity contribution in [3.8, 4) is 0 Å². The molecule has 4 bridgehead atoms. The third kappa shape index (κ3) is 1.98. The molecule has 0 amide bonds. The molecule has 0 aromatic carbocycles. The largest absolute Gasteiger partial charge is 0.436 e. The Morgan fingerprint density at radius 1 is 1.09 bits per heavy atom. The Bertz CT molecular complexity index is 607. The van der Waals surface area contributed by atoms with Gasteiger partial charge in [-0.1, -0.05) is 12.2 Å². The van der Waals surface area contributed by atoms with Gasteiger partial charge in [-0.25, -0.2) is 0 Å². The molecule has 3 fully saturated rings. The van der Waals surface area contributed by atoms with Crippen LogP contribution in [0.3, 0.4) is 0 Å². The molecular weight excluding hydrogens is 296 g/mol. The first kappa shape index (κ1) is 15.1. The minimum absolute atomic E-state index is 0.0163. The Hall–Kier alpha value is -1.49. The smallest absolute Gasteiger partial charge is 0.311 e. The van der Waals surface area contributed by atoms with Gasteiger partial charge in [0.2, 0.25) is 0 Å². The van der Waals surface area contributed by atoms with Gasteiger partial charge in [-0.3, -0.25) is 14.4 Å². The van der Waals surface area contributed by atoms with Crippen LogP contribution in [-0.2, 0) is 23.9 Å². The van der Waals surface area contributed by atoms with E-state index in [1.54, 1.807) is 6.92 Å². The number of Topliss-reactive ketones (excluding diaryl/α,β-unsaturated/α-hetero) is 2. The molecule has 0 spiro atoms. The number of fused-ring (bicyclic) bond motifs is 9. The highest BCUT2D eigenvalue weighted by Gasteiger charge is 2.69. The summed E-state index contributed by atoms with van der Waals surface area (Å²) in [5.74, 6) is -0.942. The highest BCUT2D eigenvalue weighted by Crippen LogP contribution is 2.64. The Balaban J connectivity index is 1.51. The number of esters is 1. The topological polar surface area (TPSA) is 69.7 Å². The first-order valence-electron chi connectivity index (χ1n) is 8.52. The molecule has 0 radical (unpaired) electrons. The fourth-order valence-corrected chi connectivity index (χ4v) is 5.44. The molecule has 23 heavy (non-hydrogen) atoms. The highest BCUT2D eigenvalue weighted by atomic mass is 16.7. The zero-order chi connectivity index (χ0) is 16.5. The molecule has 5 nitrogen and oxygen atoms in total. The van der Waals surface area contributed by atoms with Crippen LogP contribution in [0.5, 0.6) is 0 Å². The number of hydrogen-bond acceptors (Lipinski definition) is 5. The monoisotopic (exact) mass is 318 g/mol. The Labute approximate surface area is 135 Å². The van der Waals surface area contributed by atoms with Crippen molar-refractivity contribution in [1.29, 1.82) is 0 Å².